The number of unbranched alkanes of at least 4 members (excludes halogenated alkanes) is 1. The summed E-state index contributed by atoms with van der Waals surface area (Å²) >= 11 is 0. The molecule has 0 heterocycles. The third-order valence-electron chi connectivity index (χ3n) is 3.15. The van der Waals surface area contributed by atoms with Gasteiger partial charge in [0.15, 0.2) is 11.5 Å². The molecule has 4 heteroatoms. The lowest BCUT2D eigenvalue weighted by Gasteiger charge is -2.13. The van der Waals surface area contributed by atoms with Gasteiger partial charge < -0.3 is 14.8 Å². The molecular formula is C18H27NO3. The van der Waals surface area contributed by atoms with Crippen molar-refractivity contribution in [3.63, 3.8) is 0 Å². The Morgan fingerprint density at radius 1 is 1.27 bits per heavy atom. The summed E-state index contributed by atoms with van der Waals surface area (Å²) in [5.74, 6) is 1.55. The molecule has 0 bridgehead atoms. The van der Waals surface area contributed by atoms with Crippen LogP contribution in [-0.4, -0.2) is 25.7 Å². The predicted molar refractivity (Wildman–Crippen MR) is 89.5 cm³/mol. The highest BCUT2D eigenvalue weighted by Crippen LogP contribution is 2.29. The number of rotatable bonds is 11. The summed E-state index contributed by atoms with van der Waals surface area (Å²) in [5.41, 5.74) is 1.07. The van der Waals surface area contributed by atoms with E-state index < -0.39 is 0 Å². The van der Waals surface area contributed by atoms with E-state index in [0.29, 0.717) is 32.6 Å². The van der Waals surface area contributed by atoms with E-state index in [1.807, 2.05) is 25.1 Å². The standard InChI is InChI=1S/C18H27NO3/c1-4-7-13-22-16-10-8-15(14-17(16)21-6-3)9-11-18(20)19-12-5-2/h5,8,10,14H,2,4,6-7,9,11-13H2,1,3H3,(H,19,20). The number of nitrogens with one attached hydrogen (secondary N) is 1. The monoisotopic (exact) mass is 305 g/mol. The molecule has 0 aliphatic carbocycles. The van der Waals surface area contributed by atoms with Crippen molar-refractivity contribution < 1.29 is 14.3 Å². The molecule has 0 fully saturated rings. The first kappa shape index (κ1) is 18.1. The van der Waals surface area contributed by atoms with Crippen LogP contribution in [0.1, 0.15) is 38.7 Å². The smallest absolute Gasteiger partial charge is 0.220 e. The van der Waals surface area contributed by atoms with Gasteiger partial charge in [-0.25, -0.2) is 0 Å². The molecule has 0 radical (unpaired) electrons. The summed E-state index contributed by atoms with van der Waals surface area (Å²) in [6, 6.07) is 5.88. The number of benzene rings is 1. The van der Waals surface area contributed by atoms with Crippen molar-refractivity contribution in [1.29, 1.82) is 0 Å². The zero-order chi connectivity index (χ0) is 16.2. The highest BCUT2D eigenvalue weighted by atomic mass is 16.5. The van der Waals surface area contributed by atoms with Gasteiger partial charge in [-0.2, -0.15) is 0 Å². The van der Waals surface area contributed by atoms with Crippen molar-refractivity contribution >= 4 is 5.91 Å². The van der Waals surface area contributed by atoms with Gasteiger partial charge in [0.1, 0.15) is 0 Å². The molecule has 4 nitrogen and oxygen atoms in total. The second-order valence-electron chi connectivity index (χ2n) is 5.01. The average molecular weight is 305 g/mol. The van der Waals surface area contributed by atoms with Crippen LogP contribution in [0.5, 0.6) is 11.5 Å². The molecule has 0 aliphatic rings. The Morgan fingerprint density at radius 2 is 2.09 bits per heavy atom. The van der Waals surface area contributed by atoms with E-state index >= 15 is 0 Å². The molecule has 0 saturated carbocycles. The lowest BCUT2D eigenvalue weighted by atomic mass is 10.1. The van der Waals surface area contributed by atoms with E-state index in [4.69, 9.17) is 9.47 Å². The van der Waals surface area contributed by atoms with Crippen LogP contribution in [0, 0.1) is 0 Å². The molecule has 0 aromatic heterocycles. The van der Waals surface area contributed by atoms with E-state index in [2.05, 4.69) is 18.8 Å². The van der Waals surface area contributed by atoms with E-state index in [1.54, 1.807) is 6.08 Å². The number of ether oxygens (including phenoxy) is 2. The van der Waals surface area contributed by atoms with Crippen LogP contribution in [0.25, 0.3) is 0 Å². The number of amides is 1. The molecule has 0 saturated heterocycles. The molecule has 0 unspecified atom stereocenters. The van der Waals surface area contributed by atoms with E-state index in [9.17, 15) is 4.79 Å². The fraction of sp³-hybridized carbons (Fsp3) is 0.500. The lowest BCUT2D eigenvalue weighted by Crippen LogP contribution is -2.23. The summed E-state index contributed by atoms with van der Waals surface area (Å²) in [6.07, 6.45) is 4.93. The minimum Gasteiger partial charge on any atom is -0.490 e. The summed E-state index contributed by atoms with van der Waals surface area (Å²) in [6.45, 7) is 9.45. The molecule has 1 amide bonds. The van der Waals surface area contributed by atoms with Gasteiger partial charge in [0, 0.05) is 13.0 Å². The molecule has 0 aliphatic heterocycles. The van der Waals surface area contributed by atoms with E-state index in [-0.39, 0.29) is 5.91 Å². The Hall–Kier alpha value is -1.97. The number of hydrogen-bond acceptors (Lipinski definition) is 3. The van der Waals surface area contributed by atoms with Gasteiger partial charge in [-0.3, -0.25) is 4.79 Å². The highest BCUT2D eigenvalue weighted by Gasteiger charge is 2.08. The Labute approximate surface area is 133 Å². The summed E-state index contributed by atoms with van der Waals surface area (Å²) in [5, 5.41) is 2.78. The maximum atomic E-state index is 11.6. The van der Waals surface area contributed by atoms with Gasteiger partial charge in [0.05, 0.1) is 13.2 Å². The maximum absolute atomic E-state index is 11.6. The molecule has 0 spiro atoms. The summed E-state index contributed by atoms with van der Waals surface area (Å²) in [7, 11) is 0. The van der Waals surface area contributed by atoms with Gasteiger partial charge in [-0.15, -0.1) is 6.58 Å². The third-order valence-corrected chi connectivity index (χ3v) is 3.15. The van der Waals surface area contributed by atoms with E-state index in [1.165, 1.54) is 0 Å². The largest absolute Gasteiger partial charge is 0.490 e. The van der Waals surface area contributed by atoms with Gasteiger partial charge in [-0.1, -0.05) is 25.5 Å². The Morgan fingerprint density at radius 3 is 2.77 bits per heavy atom. The number of aryl methyl sites for hydroxylation is 1. The second-order valence-corrected chi connectivity index (χ2v) is 5.01. The third kappa shape index (κ3) is 6.66. The molecule has 122 valence electrons. The fourth-order valence-corrected chi connectivity index (χ4v) is 1.95. The normalized spacial score (nSPS) is 10.1. The molecule has 1 N–H and O–H groups in total. The molecule has 1 aromatic rings. The van der Waals surface area contributed by atoms with Crippen LogP contribution in [-0.2, 0) is 11.2 Å². The quantitative estimate of drug-likeness (QED) is 0.503. The van der Waals surface area contributed by atoms with Crippen LogP contribution in [0.4, 0.5) is 0 Å². The molecular weight excluding hydrogens is 278 g/mol. The van der Waals surface area contributed by atoms with Gasteiger partial charge in [-0.05, 0) is 37.5 Å². The second kappa shape index (κ2) is 10.7. The summed E-state index contributed by atoms with van der Waals surface area (Å²) in [4.78, 5) is 11.6. The van der Waals surface area contributed by atoms with Gasteiger partial charge in [0.2, 0.25) is 5.91 Å². The van der Waals surface area contributed by atoms with Crippen LogP contribution < -0.4 is 14.8 Å². The van der Waals surface area contributed by atoms with Gasteiger partial charge in [0.25, 0.3) is 0 Å². The predicted octanol–water partition coefficient (Wildman–Crippen LogP) is 3.50. The molecule has 1 aromatic carbocycles. The molecule has 22 heavy (non-hydrogen) atoms. The topological polar surface area (TPSA) is 47.6 Å². The van der Waals surface area contributed by atoms with Crippen LogP contribution in [0.2, 0.25) is 0 Å². The van der Waals surface area contributed by atoms with Crippen molar-refractivity contribution in [2.45, 2.75) is 39.5 Å². The molecule has 1 rings (SSSR count). The minimum absolute atomic E-state index is 0.0288. The first-order valence-electron chi connectivity index (χ1n) is 7.97. The summed E-state index contributed by atoms with van der Waals surface area (Å²) < 4.78 is 11.4. The van der Waals surface area contributed by atoms with Crippen molar-refractivity contribution in [3.05, 3.63) is 36.4 Å². The minimum atomic E-state index is 0.0288. The number of carbonyl (C=O) groups is 1. The number of carbonyl (C=O) groups excluding carboxylic acids is 1. The lowest BCUT2D eigenvalue weighted by molar-refractivity contribution is -0.120. The zero-order valence-electron chi connectivity index (χ0n) is 13.7. The van der Waals surface area contributed by atoms with Crippen molar-refractivity contribution in [2.24, 2.45) is 0 Å². The fourth-order valence-electron chi connectivity index (χ4n) is 1.95. The average Bonchev–Trinajstić information content (AvgIpc) is 2.53. The zero-order valence-corrected chi connectivity index (χ0v) is 13.7. The first-order chi connectivity index (χ1) is 10.7. The van der Waals surface area contributed by atoms with Crippen LogP contribution in [0.15, 0.2) is 30.9 Å². The Bertz CT molecular complexity index is 471. The van der Waals surface area contributed by atoms with Crippen molar-refractivity contribution in [1.82, 2.24) is 5.32 Å². The van der Waals surface area contributed by atoms with Crippen molar-refractivity contribution in [2.75, 3.05) is 19.8 Å². The maximum Gasteiger partial charge on any atom is 0.220 e. The first-order valence-corrected chi connectivity index (χ1v) is 7.97. The highest BCUT2D eigenvalue weighted by molar-refractivity contribution is 5.76. The van der Waals surface area contributed by atoms with Crippen LogP contribution in [0.3, 0.4) is 0 Å². The Kier molecular flexibility index (Phi) is 8.80. The van der Waals surface area contributed by atoms with Gasteiger partial charge >= 0.3 is 0 Å². The van der Waals surface area contributed by atoms with E-state index in [0.717, 1.165) is 29.9 Å². The SMILES string of the molecule is C=CCNC(=O)CCc1ccc(OCCCC)c(OCC)c1. The van der Waals surface area contributed by atoms with Crippen LogP contribution >= 0.6 is 0 Å². The molecule has 0 atom stereocenters. The Balaban J connectivity index is 2.62. The number of hydrogen-bond donors (Lipinski definition) is 1. The van der Waals surface area contributed by atoms with Crippen molar-refractivity contribution in [3.8, 4) is 11.5 Å².